The smallest absolute Gasteiger partial charge is 0.328 e. The average molecular weight is 266 g/mol. The predicted molar refractivity (Wildman–Crippen MR) is 81.6 cm³/mol. The maximum Gasteiger partial charge on any atom is 0.328 e. The van der Waals surface area contributed by atoms with Gasteiger partial charge in [0.25, 0.3) is 0 Å². The molecule has 2 heteroatoms. The fourth-order valence-corrected chi connectivity index (χ4v) is 2.10. The molecule has 0 spiro atoms. The molecule has 0 aliphatic carbocycles. The van der Waals surface area contributed by atoms with Gasteiger partial charge in [-0.15, -0.1) is 0 Å². The van der Waals surface area contributed by atoms with Gasteiger partial charge in [0.1, 0.15) is 0 Å². The molecule has 0 bridgehead atoms. The Morgan fingerprint density at radius 3 is 2.10 bits per heavy atom. The van der Waals surface area contributed by atoms with Crippen molar-refractivity contribution in [3.05, 3.63) is 77.4 Å². The molecule has 2 aromatic carbocycles. The number of benzene rings is 2. The topological polar surface area (TPSA) is 37.3 Å². The van der Waals surface area contributed by atoms with E-state index < -0.39 is 5.97 Å². The van der Waals surface area contributed by atoms with Gasteiger partial charge < -0.3 is 5.11 Å². The monoisotopic (exact) mass is 266 g/mol. The third-order valence-corrected chi connectivity index (χ3v) is 3.17. The first-order chi connectivity index (χ1) is 9.74. The van der Waals surface area contributed by atoms with E-state index in [2.05, 4.69) is 36.4 Å². The van der Waals surface area contributed by atoms with E-state index >= 15 is 0 Å². The molecular weight excluding hydrogens is 248 g/mol. The van der Waals surface area contributed by atoms with E-state index in [1.54, 1.807) is 6.08 Å². The van der Waals surface area contributed by atoms with Gasteiger partial charge >= 0.3 is 5.97 Å². The first-order valence-electron chi connectivity index (χ1n) is 6.78. The molecule has 0 heterocycles. The van der Waals surface area contributed by atoms with Crippen molar-refractivity contribution in [3.63, 3.8) is 0 Å². The molecular formula is C18H18O2. The normalized spacial score (nSPS) is 10.8. The van der Waals surface area contributed by atoms with Crippen molar-refractivity contribution in [2.45, 2.75) is 19.3 Å². The van der Waals surface area contributed by atoms with E-state index in [1.165, 1.54) is 11.1 Å². The van der Waals surface area contributed by atoms with E-state index in [0.29, 0.717) is 0 Å². The third-order valence-electron chi connectivity index (χ3n) is 3.17. The number of aryl methyl sites for hydroxylation is 2. The largest absolute Gasteiger partial charge is 0.478 e. The Labute approximate surface area is 119 Å². The van der Waals surface area contributed by atoms with Gasteiger partial charge in [-0.3, -0.25) is 0 Å². The number of carboxylic acid groups (broad SMARTS) is 1. The van der Waals surface area contributed by atoms with Gasteiger partial charge in [-0.25, -0.2) is 4.79 Å². The highest BCUT2D eigenvalue weighted by Gasteiger charge is 1.96. The number of carboxylic acids is 1. The summed E-state index contributed by atoms with van der Waals surface area (Å²) in [5.41, 5.74) is 3.57. The van der Waals surface area contributed by atoms with E-state index in [4.69, 9.17) is 5.11 Å². The van der Waals surface area contributed by atoms with Crippen LogP contribution in [0.15, 0.2) is 60.7 Å². The third kappa shape index (κ3) is 4.73. The van der Waals surface area contributed by atoms with E-state index in [9.17, 15) is 4.79 Å². The Hall–Kier alpha value is -2.35. The number of carbonyl (C=O) groups is 1. The molecule has 0 saturated carbocycles. The van der Waals surface area contributed by atoms with Gasteiger partial charge in [0.2, 0.25) is 0 Å². The summed E-state index contributed by atoms with van der Waals surface area (Å²) in [5.74, 6) is -0.920. The average Bonchev–Trinajstić information content (AvgIpc) is 2.47. The van der Waals surface area contributed by atoms with Crippen LogP contribution in [0.25, 0.3) is 6.08 Å². The van der Waals surface area contributed by atoms with Crippen LogP contribution in [0.2, 0.25) is 0 Å². The molecule has 0 fully saturated rings. The summed E-state index contributed by atoms with van der Waals surface area (Å²) in [6, 6.07) is 18.5. The second-order valence-corrected chi connectivity index (χ2v) is 4.75. The summed E-state index contributed by atoms with van der Waals surface area (Å²) in [6.07, 6.45) is 6.01. The number of rotatable bonds is 6. The Balaban J connectivity index is 1.83. The fourth-order valence-electron chi connectivity index (χ4n) is 2.10. The zero-order valence-corrected chi connectivity index (χ0v) is 11.3. The number of aliphatic carboxylic acids is 1. The molecule has 20 heavy (non-hydrogen) atoms. The van der Waals surface area contributed by atoms with Gasteiger partial charge in [0.05, 0.1) is 0 Å². The highest BCUT2D eigenvalue weighted by molar-refractivity contribution is 5.85. The molecule has 0 aliphatic rings. The minimum Gasteiger partial charge on any atom is -0.478 e. The maximum absolute atomic E-state index is 10.4. The molecule has 102 valence electrons. The van der Waals surface area contributed by atoms with Crippen molar-refractivity contribution in [2.24, 2.45) is 0 Å². The Bertz CT molecular complexity index is 568. The lowest BCUT2D eigenvalue weighted by atomic mass is 10.0. The lowest BCUT2D eigenvalue weighted by molar-refractivity contribution is -0.131. The lowest BCUT2D eigenvalue weighted by Crippen LogP contribution is -1.90. The predicted octanol–water partition coefficient (Wildman–Crippen LogP) is 3.96. The first-order valence-corrected chi connectivity index (χ1v) is 6.78. The maximum atomic E-state index is 10.4. The standard InChI is InChI=1S/C18H18O2/c19-18(20)14-13-17-11-9-16(10-12-17)8-4-7-15-5-2-1-3-6-15/h1-3,5-6,9-14H,4,7-8H2,(H,19,20). The molecule has 0 radical (unpaired) electrons. The summed E-state index contributed by atoms with van der Waals surface area (Å²) in [5, 5.41) is 8.57. The molecule has 2 nitrogen and oxygen atoms in total. The summed E-state index contributed by atoms with van der Waals surface area (Å²) >= 11 is 0. The van der Waals surface area contributed by atoms with Crippen molar-refractivity contribution < 1.29 is 9.90 Å². The zero-order valence-electron chi connectivity index (χ0n) is 11.3. The Morgan fingerprint density at radius 2 is 1.50 bits per heavy atom. The van der Waals surface area contributed by atoms with E-state index in [0.717, 1.165) is 30.9 Å². The highest BCUT2D eigenvalue weighted by atomic mass is 16.4. The number of hydrogen-bond donors (Lipinski definition) is 1. The molecule has 0 atom stereocenters. The van der Waals surface area contributed by atoms with Crippen LogP contribution in [0.1, 0.15) is 23.1 Å². The first kappa shape index (κ1) is 14.1. The van der Waals surface area contributed by atoms with Crippen molar-refractivity contribution in [2.75, 3.05) is 0 Å². The zero-order chi connectivity index (χ0) is 14.2. The van der Waals surface area contributed by atoms with E-state index in [-0.39, 0.29) is 0 Å². The molecule has 2 aromatic rings. The van der Waals surface area contributed by atoms with Crippen LogP contribution >= 0.6 is 0 Å². The van der Waals surface area contributed by atoms with Crippen LogP contribution in [0, 0.1) is 0 Å². The van der Waals surface area contributed by atoms with Gasteiger partial charge in [0, 0.05) is 6.08 Å². The second kappa shape index (κ2) is 7.29. The van der Waals surface area contributed by atoms with Crippen LogP contribution < -0.4 is 0 Å². The number of hydrogen-bond acceptors (Lipinski definition) is 1. The van der Waals surface area contributed by atoms with Gasteiger partial charge in [-0.2, -0.15) is 0 Å². The van der Waals surface area contributed by atoms with Gasteiger partial charge in [-0.05, 0) is 42.0 Å². The summed E-state index contributed by atoms with van der Waals surface area (Å²) in [6.45, 7) is 0. The molecule has 2 rings (SSSR count). The quantitative estimate of drug-likeness (QED) is 0.803. The second-order valence-electron chi connectivity index (χ2n) is 4.75. The lowest BCUT2D eigenvalue weighted by Gasteiger charge is -2.03. The summed E-state index contributed by atoms with van der Waals surface area (Å²) < 4.78 is 0. The molecule has 0 saturated heterocycles. The Kier molecular flexibility index (Phi) is 5.13. The highest BCUT2D eigenvalue weighted by Crippen LogP contribution is 2.10. The summed E-state index contributed by atoms with van der Waals surface area (Å²) in [4.78, 5) is 10.4. The SMILES string of the molecule is O=C(O)C=Cc1ccc(CCCc2ccccc2)cc1. The van der Waals surface area contributed by atoms with Crippen LogP contribution in [-0.2, 0) is 17.6 Å². The van der Waals surface area contributed by atoms with Crippen molar-refractivity contribution in [3.8, 4) is 0 Å². The minimum atomic E-state index is -0.920. The molecule has 1 N–H and O–H groups in total. The van der Waals surface area contributed by atoms with Gasteiger partial charge in [0.15, 0.2) is 0 Å². The van der Waals surface area contributed by atoms with Crippen LogP contribution in [0.5, 0.6) is 0 Å². The molecule has 0 aromatic heterocycles. The fraction of sp³-hybridized carbons (Fsp3) is 0.167. The van der Waals surface area contributed by atoms with E-state index in [1.807, 2.05) is 18.2 Å². The van der Waals surface area contributed by atoms with Crippen molar-refractivity contribution >= 4 is 12.0 Å². The van der Waals surface area contributed by atoms with Crippen molar-refractivity contribution in [1.29, 1.82) is 0 Å². The van der Waals surface area contributed by atoms with Crippen LogP contribution in [0.3, 0.4) is 0 Å². The minimum absolute atomic E-state index is 0.916. The van der Waals surface area contributed by atoms with Crippen LogP contribution in [0.4, 0.5) is 0 Å². The summed E-state index contributed by atoms with van der Waals surface area (Å²) in [7, 11) is 0. The molecule has 0 aliphatic heterocycles. The van der Waals surface area contributed by atoms with Crippen LogP contribution in [-0.4, -0.2) is 11.1 Å². The van der Waals surface area contributed by atoms with Gasteiger partial charge in [-0.1, -0.05) is 54.6 Å². The van der Waals surface area contributed by atoms with Crippen molar-refractivity contribution in [1.82, 2.24) is 0 Å². The Morgan fingerprint density at radius 1 is 0.900 bits per heavy atom. The molecule has 0 unspecified atom stereocenters. The molecule has 0 amide bonds.